The lowest BCUT2D eigenvalue weighted by Gasteiger charge is -2.35. The molecule has 3 rings (SSSR count). The van der Waals surface area contributed by atoms with E-state index in [1.54, 1.807) is 41.6 Å². The van der Waals surface area contributed by atoms with Crippen molar-refractivity contribution < 1.29 is 32.6 Å². The molecule has 1 aromatic carbocycles. The number of rotatable bonds is 8. The number of hydrogen-bond acceptors (Lipinski definition) is 8. The van der Waals surface area contributed by atoms with E-state index in [4.69, 9.17) is 9.47 Å². The second-order valence-electron chi connectivity index (χ2n) is 11.9. The van der Waals surface area contributed by atoms with Gasteiger partial charge in [-0.2, -0.15) is 4.31 Å². The van der Waals surface area contributed by atoms with Gasteiger partial charge < -0.3 is 34.7 Å². The summed E-state index contributed by atoms with van der Waals surface area (Å²) < 4.78 is 41.8. The molecule has 0 spiro atoms. The predicted octanol–water partition coefficient (Wildman–Crippen LogP) is 3.07. The third-order valence-corrected chi connectivity index (χ3v) is 9.23. The highest BCUT2D eigenvalue weighted by atomic mass is 32.2. The molecular weight excluding hydrogens is 588 g/mol. The summed E-state index contributed by atoms with van der Waals surface area (Å²) in [7, 11) is -0.682. The van der Waals surface area contributed by atoms with Crippen LogP contribution in [0.3, 0.4) is 0 Å². The van der Waals surface area contributed by atoms with Crippen LogP contribution >= 0.6 is 0 Å². The van der Waals surface area contributed by atoms with E-state index in [1.807, 2.05) is 27.7 Å². The number of amides is 3. The molecule has 0 fully saturated rings. The fraction of sp³-hybridized carbons (Fsp3) is 0.633. The molecule has 1 aliphatic rings. The SMILES string of the molecule is CC(C)NC(=O)Nc1ccc2c(c1)C(=O)N([C@H](C)CO)C[C@@H](C)[C@@H](CN(C)S(=O)(=O)c1cn(C)cn1)OCCCC[C@H](C)O2. The largest absolute Gasteiger partial charge is 0.490 e. The minimum absolute atomic E-state index is 0.0464. The molecule has 2 aromatic rings. The molecule has 2 heterocycles. The van der Waals surface area contributed by atoms with Gasteiger partial charge in [0.1, 0.15) is 5.75 Å². The maximum absolute atomic E-state index is 14.2. The van der Waals surface area contributed by atoms with Crippen LogP contribution in [0.15, 0.2) is 35.7 Å². The van der Waals surface area contributed by atoms with Gasteiger partial charge in [-0.3, -0.25) is 4.79 Å². The Hall–Kier alpha value is -3.20. The van der Waals surface area contributed by atoms with Gasteiger partial charge in [-0.15, -0.1) is 0 Å². The maximum Gasteiger partial charge on any atom is 0.319 e. The number of aliphatic hydroxyl groups is 1. The number of anilines is 1. The van der Waals surface area contributed by atoms with Crippen LogP contribution < -0.4 is 15.4 Å². The molecule has 3 amide bonds. The smallest absolute Gasteiger partial charge is 0.319 e. The lowest BCUT2D eigenvalue weighted by molar-refractivity contribution is -0.00835. The number of ether oxygens (including phenoxy) is 2. The van der Waals surface area contributed by atoms with Crippen molar-refractivity contribution in [1.29, 1.82) is 0 Å². The van der Waals surface area contributed by atoms with E-state index < -0.39 is 34.1 Å². The first-order chi connectivity index (χ1) is 20.7. The highest BCUT2D eigenvalue weighted by molar-refractivity contribution is 7.89. The van der Waals surface area contributed by atoms with Gasteiger partial charge in [-0.05, 0) is 65.2 Å². The molecule has 0 saturated heterocycles. The number of imidazole rings is 1. The number of nitrogens with zero attached hydrogens (tertiary/aromatic N) is 4. The van der Waals surface area contributed by atoms with Crippen LogP contribution in [0.4, 0.5) is 10.5 Å². The molecule has 1 aliphatic heterocycles. The Morgan fingerprint density at radius 2 is 1.95 bits per heavy atom. The van der Waals surface area contributed by atoms with Gasteiger partial charge in [-0.1, -0.05) is 6.92 Å². The number of aryl methyl sites for hydroxylation is 1. The van der Waals surface area contributed by atoms with E-state index in [-0.39, 0.29) is 48.3 Å². The van der Waals surface area contributed by atoms with E-state index in [1.165, 1.54) is 23.9 Å². The number of sulfonamides is 1. The first kappa shape index (κ1) is 35.3. The summed E-state index contributed by atoms with van der Waals surface area (Å²) in [6.07, 6.45) is 4.37. The highest BCUT2D eigenvalue weighted by Crippen LogP contribution is 2.29. The summed E-state index contributed by atoms with van der Waals surface area (Å²) >= 11 is 0. The molecule has 1 aromatic heterocycles. The van der Waals surface area contributed by atoms with E-state index in [0.717, 1.165) is 12.8 Å². The van der Waals surface area contributed by atoms with Gasteiger partial charge in [0.25, 0.3) is 15.9 Å². The van der Waals surface area contributed by atoms with Crippen LogP contribution in [0.25, 0.3) is 0 Å². The number of nitrogens with one attached hydrogen (secondary N) is 2. The average Bonchev–Trinajstić information content (AvgIpc) is 3.41. The zero-order valence-corrected chi connectivity index (χ0v) is 27.6. The zero-order chi connectivity index (χ0) is 32.6. The van der Waals surface area contributed by atoms with Crippen LogP contribution in [0.2, 0.25) is 0 Å². The first-order valence-electron chi connectivity index (χ1n) is 15.1. The van der Waals surface area contributed by atoms with Crippen LogP contribution in [-0.2, 0) is 21.8 Å². The summed E-state index contributed by atoms with van der Waals surface area (Å²) in [5.41, 5.74) is 0.663. The Kier molecular flexibility index (Phi) is 12.6. The fourth-order valence-corrected chi connectivity index (χ4v) is 6.07. The monoisotopic (exact) mass is 636 g/mol. The van der Waals surface area contributed by atoms with Crippen molar-refractivity contribution in [2.45, 2.75) is 83.2 Å². The predicted molar refractivity (Wildman–Crippen MR) is 167 cm³/mol. The molecule has 0 unspecified atom stereocenters. The topological polar surface area (TPSA) is 155 Å². The summed E-state index contributed by atoms with van der Waals surface area (Å²) in [6.45, 7) is 9.59. The molecule has 246 valence electrons. The molecule has 14 heteroatoms. The Morgan fingerprint density at radius 3 is 2.59 bits per heavy atom. The van der Waals surface area contributed by atoms with Crippen molar-refractivity contribution in [2.24, 2.45) is 13.0 Å². The fourth-order valence-electron chi connectivity index (χ4n) is 4.93. The van der Waals surface area contributed by atoms with Crippen LogP contribution in [0.5, 0.6) is 5.75 Å². The van der Waals surface area contributed by atoms with Gasteiger partial charge in [0.2, 0.25) is 0 Å². The van der Waals surface area contributed by atoms with Gasteiger partial charge >= 0.3 is 6.03 Å². The minimum atomic E-state index is -3.87. The van der Waals surface area contributed by atoms with Crippen LogP contribution in [-0.4, -0.2) is 102 Å². The Balaban J connectivity index is 1.96. The molecule has 0 saturated carbocycles. The average molecular weight is 637 g/mol. The van der Waals surface area contributed by atoms with Gasteiger partial charge in [0.15, 0.2) is 5.03 Å². The summed E-state index contributed by atoms with van der Waals surface area (Å²) in [5.74, 6) is -0.330. The third-order valence-electron chi connectivity index (χ3n) is 7.52. The van der Waals surface area contributed by atoms with Gasteiger partial charge in [0, 0.05) is 57.6 Å². The van der Waals surface area contributed by atoms with Crippen molar-refractivity contribution in [3.05, 3.63) is 36.3 Å². The standard InChI is InChI=1S/C30H48N6O7S/c1-20(2)32-30(39)33-24-11-12-26-25(14-24)29(38)36(22(4)18-37)15-21(3)27(42-13-9-8-10-23(5)43-26)16-35(7)44(40,41)28-17-34(6)19-31-28/h11-12,14,17,19-23,27,37H,8-10,13,15-16,18H2,1-7H3,(H2,32,33,39)/t21-,22-,23+,27-/m1/s1. The Morgan fingerprint density at radius 1 is 1.23 bits per heavy atom. The summed E-state index contributed by atoms with van der Waals surface area (Å²) in [5, 5.41) is 15.6. The minimum Gasteiger partial charge on any atom is -0.490 e. The molecule has 4 atom stereocenters. The van der Waals surface area contributed by atoms with E-state index in [0.29, 0.717) is 24.5 Å². The second kappa shape index (κ2) is 15.7. The number of carbonyl (C=O) groups is 2. The normalized spacial score (nSPS) is 21.4. The molecule has 13 nitrogen and oxygen atoms in total. The van der Waals surface area contributed by atoms with Crippen molar-refractivity contribution in [3.8, 4) is 5.75 Å². The van der Waals surface area contributed by atoms with Crippen molar-refractivity contribution in [2.75, 3.05) is 38.7 Å². The number of carbonyl (C=O) groups excluding carboxylic acids is 2. The van der Waals surface area contributed by atoms with E-state index in [2.05, 4.69) is 15.6 Å². The number of likely N-dealkylation sites (N-methyl/N-ethyl adjacent to an activating group) is 1. The van der Waals surface area contributed by atoms with E-state index in [9.17, 15) is 23.1 Å². The molecule has 0 aliphatic carbocycles. The van der Waals surface area contributed by atoms with Gasteiger partial charge in [0.05, 0.1) is 36.7 Å². The summed E-state index contributed by atoms with van der Waals surface area (Å²) in [4.78, 5) is 32.2. The van der Waals surface area contributed by atoms with Crippen molar-refractivity contribution in [1.82, 2.24) is 24.1 Å². The number of aromatic nitrogens is 2. The van der Waals surface area contributed by atoms with E-state index >= 15 is 0 Å². The molecule has 3 N–H and O–H groups in total. The lowest BCUT2D eigenvalue weighted by Crippen LogP contribution is -2.48. The van der Waals surface area contributed by atoms with Gasteiger partial charge in [-0.25, -0.2) is 18.2 Å². The number of hydrogen-bond donors (Lipinski definition) is 3. The molecular formula is C30H48N6O7S. The molecule has 0 bridgehead atoms. The third kappa shape index (κ3) is 9.40. The quantitative estimate of drug-likeness (QED) is 0.399. The number of aliphatic hydroxyl groups excluding tert-OH is 1. The lowest BCUT2D eigenvalue weighted by atomic mass is 10.0. The van der Waals surface area contributed by atoms with Crippen LogP contribution in [0, 0.1) is 5.92 Å². The van der Waals surface area contributed by atoms with Crippen LogP contribution in [0.1, 0.15) is 64.2 Å². The Bertz CT molecular complexity index is 1370. The second-order valence-corrected chi connectivity index (χ2v) is 13.9. The Labute approximate surface area is 261 Å². The first-order valence-corrected chi connectivity index (χ1v) is 16.5. The number of benzene rings is 1. The number of urea groups is 1. The zero-order valence-electron chi connectivity index (χ0n) is 26.8. The summed E-state index contributed by atoms with van der Waals surface area (Å²) in [6, 6.07) is 3.90. The van der Waals surface area contributed by atoms with Crippen molar-refractivity contribution in [3.63, 3.8) is 0 Å². The number of fused-ring (bicyclic) bond motifs is 1. The highest BCUT2D eigenvalue weighted by Gasteiger charge is 2.33. The molecule has 0 radical (unpaired) electrons. The van der Waals surface area contributed by atoms with Crippen molar-refractivity contribution >= 4 is 27.6 Å². The molecule has 44 heavy (non-hydrogen) atoms. The maximum atomic E-state index is 14.2.